The summed E-state index contributed by atoms with van der Waals surface area (Å²) in [6, 6.07) is 8.76. The summed E-state index contributed by atoms with van der Waals surface area (Å²) >= 11 is 0.184. The van der Waals surface area contributed by atoms with Crippen LogP contribution in [-0.2, 0) is 10.8 Å². The van der Waals surface area contributed by atoms with E-state index in [0.29, 0.717) is 0 Å². The summed E-state index contributed by atoms with van der Waals surface area (Å²) in [5, 5.41) is 4.44. The van der Waals surface area contributed by atoms with E-state index in [1.165, 1.54) is 21.3 Å². The van der Waals surface area contributed by atoms with Gasteiger partial charge in [0.1, 0.15) is 0 Å². The van der Waals surface area contributed by atoms with Gasteiger partial charge in [-0.2, -0.15) is 0 Å². The van der Waals surface area contributed by atoms with Crippen molar-refractivity contribution in [2.24, 2.45) is 0 Å². The number of benzene rings is 1. The van der Waals surface area contributed by atoms with E-state index in [2.05, 4.69) is 61.2 Å². The van der Waals surface area contributed by atoms with Crippen LogP contribution in [0.1, 0.15) is 49.0 Å². The van der Waals surface area contributed by atoms with Crippen molar-refractivity contribution in [2.75, 3.05) is 0 Å². The molecule has 1 aliphatic carbocycles. The van der Waals surface area contributed by atoms with Crippen molar-refractivity contribution in [3.8, 4) is 0 Å². The molecule has 88 valence electrons. The summed E-state index contributed by atoms with van der Waals surface area (Å²) < 4.78 is 5.77. The van der Waals surface area contributed by atoms with Gasteiger partial charge < -0.3 is 0 Å². The molecular formula is C14H16N2Se. The van der Waals surface area contributed by atoms with Crippen molar-refractivity contribution in [3.63, 3.8) is 0 Å². The fourth-order valence-corrected chi connectivity index (χ4v) is 4.77. The molecule has 0 fully saturated rings. The van der Waals surface area contributed by atoms with Gasteiger partial charge in [0.25, 0.3) is 0 Å². The van der Waals surface area contributed by atoms with E-state index in [9.17, 15) is 0 Å². The average molecular weight is 291 g/mol. The molecule has 2 aromatic rings. The maximum absolute atomic E-state index is 4.44. The number of hydrogen-bond donors (Lipinski definition) is 0. The summed E-state index contributed by atoms with van der Waals surface area (Å²) in [5.41, 5.74) is 4.15. The van der Waals surface area contributed by atoms with Gasteiger partial charge in [0, 0.05) is 0 Å². The average Bonchev–Trinajstić information content (AvgIpc) is 2.78. The molecule has 1 aromatic heterocycles. The summed E-state index contributed by atoms with van der Waals surface area (Å²) in [6.07, 6.45) is 0. The molecule has 0 unspecified atom stereocenters. The molecule has 0 aliphatic heterocycles. The Kier molecular flexibility index (Phi) is 2.17. The van der Waals surface area contributed by atoms with Crippen LogP contribution in [0.3, 0.4) is 0 Å². The van der Waals surface area contributed by atoms with Crippen molar-refractivity contribution in [1.82, 2.24) is 9.19 Å². The van der Waals surface area contributed by atoms with E-state index in [1.807, 2.05) is 0 Å². The van der Waals surface area contributed by atoms with E-state index in [0.717, 1.165) is 0 Å². The van der Waals surface area contributed by atoms with Crippen LogP contribution in [0, 0.1) is 0 Å². The molecule has 0 bridgehead atoms. The first-order valence-electron chi connectivity index (χ1n) is 5.89. The topological polar surface area (TPSA) is 25.8 Å². The molecule has 2 nitrogen and oxygen atoms in total. The third kappa shape index (κ3) is 1.33. The van der Waals surface area contributed by atoms with Gasteiger partial charge in [-0.05, 0) is 0 Å². The van der Waals surface area contributed by atoms with Crippen molar-refractivity contribution in [2.45, 2.75) is 38.5 Å². The van der Waals surface area contributed by atoms with E-state index < -0.39 is 0 Å². The van der Waals surface area contributed by atoms with Gasteiger partial charge in [-0.15, -0.1) is 0 Å². The van der Waals surface area contributed by atoms with Crippen LogP contribution in [0.5, 0.6) is 0 Å². The fourth-order valence-electron chi connectivity index (χ4n) is 2.83. The maximum atomic E-state index is 4.44. The minimum atomic E-state index is 0.00317. The molecule has 0 spiro atoms. The second-order valence-electron chi connectivity index (χ2n) is 5.75. The molecule has 1 aliphatic rings. The Morgan fingerprint density at radius 3 is 2.18 bits per heavy atom. The molecule has 0 radical (unpaired) electrons. The standard InChI is InChI=1S/C14H16N2Se/c1-13(2)9-7-5-6-8-10(9)14(3,4)12-11(13)15-16-17-12/h5-8H,1-4H3. The Bertz CT molecular complexity index is 532. The van der Waals surface area contributed by atoms with Crippen molar-refractivity contribution in [3.05, 3.63) is 45.5 Å². The second kappa shape index (κ2) is 3.30. The van der Waals surface area contributed by atoms with Crippen molar-refractivity contribution < 1.29 is 0 Å². The first-order valence-corrected chi connectivity index (χ1v) is 7.51. The zero-order valence-electron chi connectivity index (χ0n) is 10.6. The Morgan fingerprint density at radius 1 is 0.941 bits per heavy atom. The molecular weight excluding hydrogens is 275 g/mol. The van der Waals surface area contributed by atoms with Crippen LogP contribution in [0.15, 0.2) is 24.3 Å². The third-order valence-electron chi connectivity index (χ3n) is 3.92. The molecule has 0 N–H and O–H groups in total. The van der Waals surface area contributed by atoms with E-state index in [-0.39, 0.29) is 25.6 Å². The normalized spacial score (nSPS) is 19.5. The predicted molar refractivity (Wildman–Crippen MR) is 69.7 cm³/mol. The summed E-state index contributed by atoms with van der Waals surface area (Å²) in [5.74, 6) is 0. The van der Waals surface area contributed by atoms with Gasteiger partial charge in [-0.1, -0.05) is 0 Å². The van der Waals surface area contributed by atoms with E-state index >= 15 is 0 Å². The van der Waals surface area contributed by atoms with Crippen molar-refractivity contribution in [1.29, 1.82) is 0 Å². The fraction of sp³-hybridized carbons (Fsp3) is 0.429. The van der Waals surface area contributed by atoms with Crippen LogP contribution in [0.4, 0.5) is 0 Å². The van der Waals surface area contributed by atoms with Crippen molar-refractivity contribution >= 4 is 14.7 Å². The zero-order valence-corrected chi connectivity index (χ0v) is 12.3. The van der Waals surface area contributed by atoms with Gasteiger partial charge in [-0.3, -0.25) is 0 Å². The van der Waals surface area contributed by atoms with Crippen LogP contribution < -0.4 is 0 Å². The molecule has 3 rings (SSSR count). The molecule has 0 atom stereocenters. The molecule has 3 heteroatoms. The number of rotatable bonds is 0. The molecule has 17 heavy (non-hydrogen) atoms. The summed E-state index contributed by atoms with van der Waals surface area (Å²) in [7, 11) is 0. The molecule has 1 aromatic carbocycles. The second-order valence-corrected chi connectivity index (χ2v) is 7.33. The quantitative estimate of drug-likeness (QED) is 0.697. The van der Waals surface area contributed by atoms with Crippen LogP contribution in [0.2, 0.25) is 0 Å². The molecule has 0 saturated carbocycles. The summed E-state index contributed by atoms with van der Waals surface area (Å²) in [4.78, 5) is 0. The first kappa shape index (κ1) is 11.2. The summed E-state index contributed by atoms with van der Waals surface area (Å²) in [6.45, 7) is 9.12. The van der Waals surface area contributed by atoms with Gasteiger partial charge in [-0.25, -0.2) is 0 Å². The zero-order chi connectivity index (χ0) is 12.3. The van der Waals surface area contributed by atoms with E-state index in [4.69, 9.17) is 0 Å². The molecule has 1 heterocycles. The number of aromatic nitrogens is 2. The SMILES string of the molecule is CC1(C)c2ccccc2C(C)(C)c2[se]nnc21. The van der Waals surface area contributed by atoms with Gasteiger partial charge in [0.05, 0.1) is 0 Å². The number of fused-ring (bicyclic) bond motifs is 2. The first-order chi connectivity index (χ1) is 7.95. The van der Waals surface area contributed by atoms with Crippen LogP contribution >= 0.6 is 0 Å². The minimum absolute atomic E-state index is 0.00317. The van der Waals surface area contributed by atoms with Crippen LogP contribution in [0.25, 0.3) is 0 Å². The predicted octanol–water partition coefficient (Wildman–Crippen LogP) is 2.50. The van der Waals surface area contributed by atoms with Gasteiger partial charge >= 0.3 is 108 Å². The van der Waals surface area contributed by atoms with Gasteiger partial charge in [0.2, 0.25) is 0 Å². The Labute approximate surface area is 108 Å². The van der Waals surface area contributed by atoms with Gasteiger partial charge in [0.15, 0.2) is 0 Å². The Hall–Kier alpha value is -0.921. The Morgan fingerprint density at radius 2 is 1.53 bits per heavy atom. The molecule has 0 amide bonds. The molecule has 0 saturated heterocycles. The number of hydrogen-bond acceptors (Lipinski definition) is 2. The van der Waals surface area contributed by atoms with Crippen LogP contribution in [-0.4, -0.2) is 23.9 Å². The third-order valence-corrected chi connectivity index (χ3v) is 6.12. The monoisotopic (exact) mass is 292 g/mol. The Balaban J connectivity index is 2.40. The van der Waals surface area contributed by atoms with E-state index in [1.54, 1.807) is 0 Å². The number of nitrogens with zero attached hydrogens (tertiary/aromatic N) is 2.